The van der Waals surface area contributed by atoms with Crippen molar-refractivity contribution in [1.82, 2.24) is 10.6 Å². The smallest absolute Gasteiger partial charge is 0.163 e. The summed E-state index contributed by atoms with van der Waals surface area (Å²) in [6.07, 6.45) is 2.66. The third-order valence-electron chi connectivity index (χ3n) is 1.28. The van der Waals surface area contributed by atoms with E-state index >= 15 is 0 Å². The molecule has 0 fully saturated rings. The van der Waals surface area contributed by atoms with E-state index < -0.39 is 0 Å². The van der Waals surface area contributed by atoms with Gasteiger partial charge in [-0.15, -0.1) is 0 Å². The van der Waals surface area contributed by atoms with Gasteiger partial charge in [-0.05, 0) is 31.8 Å². The van der Waals surface area contributed by atoms with E-state index in [2.05, 4.69) is 36.4 Å². The molecule has 0 aliphatic heterocycles. The summed E-state index contributed by atoms with van der Waals surface area (Å²) < 4.78 is 0. The van der Waals surface area contributed by atoms with E-state index in [1.54, 1.807) is 6.20 Å². The highest BCUT2D eigenvalue weighted by molar-refractivity contribution is 7.80. The molecule has 0 aliphatic rings. The lowest BCUT2D eigenvalue weighted by Crippen LogP contribution is -2.33. The topological polar surface area (TPSA) is 50.1 Å². The van der Waals surface area contributed by atoms with Crippen LogP contribution in [0.2, 0.25) is 0 Å². The maximum atomic E-state index is 5.23. The maximum Gasteiger partial charge on any atom is 0.163 e. The monoisotopic (exact) mass is 173 g/mol. The zero-order valence-electron chi connectivity index (χ0n) is 6.76. The van der Waals surface area contributed by atoms with Crippen LogP contribution < -0.4 is 16.4 Å². The third-order valence-corrected chi connectivity index (χ3v) is 1.42. The molecule has 1 atom stereocenters. The molecule has 0 heterocycles. The number of nitrogens with one attached hydrogen (secondary N) is 2. The van der Waals surface area contributed by atoms with Crippen molar-refractivity contribution in [2.24, 2.45) is 5.73 Å². The van der Waals surface area contributed by atoms with Crippen molar-refractivity contribution in [2.45, 2.75) is 19.4 Å². The molecule has 4 heteroatoms. The number of nitrogens with two attached hydrogens (primary N) is 1. The Kier molecular flexibility index (Phi) is 5.56. The molecule has 4 N–H and O–H groups in total. The zero-order chi connectivity index (χ0) is 8.69. The van der Waals surface area contributed by atoms with E-state index in [0.717, 1.165) is 13.0 Å². The van der Waals surface area contributed by atoms with E-state index in [1.165, 1.54) is 0 Å². The number of hydrogen-bond acceptors (Lipinski definition) is 2. The van der Waals surface area contributed by atoms with Crippen molar-refractivity contribution in [3.63, 3.8) is 0 Å². The molecule has 0 aliphatic carbocycles. The van der Waals surface area contributed by atoms with Gasteiger partial charge in [-0.1, -0.05) is 6.58 Å². The third kappa shape index (κ3) is 7.12. The minimum absolute atomic E-state index is 0.357. The zero-order valence-corrected chi connectivity index (χ0v) is 7.58. The Hall–Kier alpha value is -0.770. The van der Waals surface area contributed by atoms with Crippen molar-refractivity contribution in [3.05, 3.63) is 12.8 Å². The molecule has 0 aromatic rings. The normalized spacial score (nSPS) is 11.7. The molecule has 11 heavy (non-hydrogen) atoms. The average molecular weight is 173 g/mol. The van der Waals surface area contributed by atoms with E-state index in [1.807, 2.05) is 0 Å². The Labute approximate surface area is 73.0 Å². The van der Waals surface area contributed by atoms with Gasteiger partial charge in [0, 0.05) is 12.6 Å². The summed E-state index contributed by atoms with van der Waals surface area (Å²) in [5.41, 5.74) is 5.23. The number of thiocarbonyl (C=S) groups is 1. The quantitative estimate of drug-likeness (QED) is 0.524. The molecule has 0 rings (SSSR count). The van der Waals surface area contributed by atoms with E-state index in [0.29, 0.717) is 11.2 Å². The summed E-state index contributed by atoms with van der Waals surface area (Å²) in [5.74, 6) is 0. The summed E-state index contributed by atoms with van der Waals surface area (Å²) in [5, 5.41) is 6.29. The molecule has 0 saturated carbocycles. The lowest BCUT2D eigenvalue weighted by molar-refractivity contribution is 0.581. The lowest BCUT2D eigenvalue weighted by Gasteiger charge is -2.11. The first-order valence-electron chi connectivity index (χ1n) is 3.57. The van der Waals surface area contributed by atoms with Crippen molar-refractivity contribution >= 4 is 17.3 Å². The Morgan fingerprint density at radius 3 is 2.91 bits per heavy atom. The molecule has 0 aromatic carbocycles. The summed E-state index contributed by atoms with van der Waals surface area (Å²) in [6.45, 7) is 6.44. The highest BCUT2D eigenvalue weighted by atomic mass is 32.1. The van der Waals surface area contributed by atoms with Crippen LogP contribution in [0.25, 0.3) is 0 Å². The number of rotatable bonds is 5. The summed E-state index contributed by atoms with van der Waals surface area (Å²) in [4.78, 5) is 0. The molecular weight excluding hydrogens is 158 g/mol. The Morgan fingerprint density at radius 1 is 1.82 bits per heavy atom. The average Bonchev–Trinajstić information content (AvgIpc) is 1.87. The largest absolute Gasteiger partial charge is 0.389 e. The Bertz CT molecular complexity index is 136. The lowest BCUT2D eigenvalue weighted by atomic mass is 10.2. The second kappa shape index (κ2) is 5.97. The van der Waals surface area contributed by atoms with Gasteiger partial charge in [0.1, 0.15) is 0 Å². The van der Waals surface area contributed by atoms with Gasteiger partial charge in [-0.3, -0.25) is 0 Å². The van der Waals surface area contributed by atoms with Gasteiger partial charge < -0.3 is 16.4 Å². The highest BCUT2D eigenvalue weighted by Crippen LogP contribution is 1.86. The van der Waals surface area contributed by atoms with Gasteiger partial charge in [0.25, 0.3) is 0 Å². The fourth-order valence-corrected chi connectivity index (χ4v) is 0.798. The molecule has 0 bridgehead atoms. The fraction of sp³-hybridized carbons (Fsp3) is 0.571. The van der Waals surface area contributed by atoms with Gasteiger partial charge in [-0.2, -0.15) is 0 Å². The molecule has 0 radical (unpaired) electrons. The van der Waals surface area contributed by atoms with Crippen LogP contribution in [0, 0.1) is 0 Å². The van der Waals surface area contributed by atoms with Crippen molar-refractivity contribution in [1.29, 1.82) is 0 Å². The second-order valence-electron chi connectivity index (χ2n) is 2.35. The summed E-state index contributed by atoms with van der Waals surface area (Å²) in [6, 6.07) is 0.411. The van der Waals surface area contributed by atoms with Crippen molar-refractivity contribution in [3.8, 4) is 0 Å². The standard InChI is InChI=1S/C7H15N3S/c1-3-9-6(2)4-5-10-7(8)11/h3,6,9H,1,4-5H2,2H3,(H3,8,10,11). The minimum atomic E-state index is 0.357. The van der Waals surface area contributed by atoms with E-state index in [9.17, 15) is 0 Å². The van der Waals surface area contributed by atoms with E-state index in [4.69, 9.17) is 5.73 Å². The van der Waals surface area contributed by atoms with Crippen LogP contribution in [0.5, 0.6) is 0 Å². The Morgan fingerprint density at radius 2 is 2.45 bits per heavy atom. The fourth-order valence-electron chi connectivity index (χ4n) is 0.696. The van der Waals surface area contributed by atoms with Crippen LogP contribution in [0.3, 0.4) is 0 Å². The van der Waals surface area contributed by atoms with Gasteiger partial charge in [0.05, 0.1) is 0 Å². The molecular formula is C7H15N3S. The summed E-state index contributed by atoms with van der Waals surface area (Å²) >= 11 is 4.64. The molecule has 0 spiro atoms. The first-order chi connectivity index (χ1) is 5.16. The van der Waals surface area contributed by atoms with Crippen LogP contribution in [0.4, 0.5) is 0 Å². The van der Waals surface area contributed by atoms with Gasteiger partial charge >= 0.3 is 0 Å². The predicted molar refractivity (Wildman–Crippen MR) is 52.2 cm³/mol. The minimum Gasteiger partial charge on any atom is -0.389 e. The Balaban J connectivity index is 3.23. The van der Waals surface area contributed by atoms with Crippen LogP contribution in [-0.2, 0) is 0 Å². The molecule has 64 valence electrons. The van der Waals surface area contributed by atoms with Gasteiger partial charge in [-0.25, -0.2) is 0 Å². The summed E-state index contributed by atoms with van der Waals surface area (Å²) in [7, 11) is 0. The van der Waals surface area contributed by atoms with Crippen molar-refractivity contribution in [2.75, 3.05) is 6.54 Å². The second-order valence-corrected chi connectivity index (χ2v) is 2.79. The highest BCUT2D eigenvalue weighted by Gasteiger charge is 1.96. The first kappa shape index (κ1) is 10.2. The van der Waals surface area contributed by atoms with E-state index in [-0.39, 0.29) is 0 Å². The first-order valence-corrected chi connectivity index (χ1v) is 3.98. The SMILES string of the molecule is C=CNC(C)CCNC(N)=S. The van der Waals surface area contributed by atoms with Gasteiger partial charge in [0.2, 0.25) is 0 Å². The van der Waals surface area contributed by atoms with Crippen LogP contribution in [-0.4, -0.2) is 17.7 Å². The van der Waals surface area contributed by atoms with Crippen LogP contribution >= 0.6 is 12.2 Å². The molecule has 0 aromatic heterocycles. The molecule has 0 amide bonds. The maximum absolute atomic E-state index is 5.23. The van der Waals surface area contributed by atoms with Crippen molar-refractivity contribution < 1.29 is 0 Å². The molecule has 3 nitrogen and oxygen atoms in total. The number of hydrogen-bond donors (Lipinski definition) is 3. The predicted octanol–water partition coefficient (Wildman–Crippen LogP) is 0.331. The van der Waals surface area contributed by atoms with Gasteiger partial charge in [0.15, 0.2) is 5.11 Å². The molecule has 0 saturated heterocycles. The van der Waals surface area contributed by atoms with Crippen LogP contribution in [0.15, 0.2) is 12.8 Å². The molecule has 1 unspecified atom stereocenters. The van der Waals surface area contributed by atoms with Crippen LogP contribution in [0.1, 0.15) is 13.3 Å².